The van der Waals surface area contributed by atoms with Gasteiger partial charge in [0.05, 0.1) is 11.7 Å². The molecule has 6 heteroatoms. The second-order valence-electron chi connectivity index (χ2n) is 4.24. The van der Waals surface area contributed by atoms with Crippen molar-refractivity contribution in [3.8, 4) is 0 Å². The molecule has 2 aromatic rings. The van der Waals surface area contributed by atoms with Gasteiger partial charge >= 0.3 is 0 Å². The normalized spacial score (nSPS) is 12.6. The van der Waals surface area contributed by atoms with Crippen LogP contribution in [0.15, 0.2) is 23.6 Å². The SMILES string of the molecule is CCCNC(Cc1c(F)cccc1F)c1csnn1. The Kier molecular flexibility index (Phi) is 4.93. The van der Waals surface area contributed by atoms with Crippen LogP contribution in [-0.2, 0) is 6.42 Å². The summed E-state index contributed by atoms with van der Waals surface area (Å²) in [4.78, 5) is 0. The highest BCUT2D eigenvalue weighted by atomic mass is 32.1. The van der Waals surface area contributed by atoms with Gasteiger partial charge in [-0.05, 0) is 43.1 Å². The van der Waals surface area contributed by atoms with Crippen LogP contribution in [0.2, 0.25) is 0 Å². The number of hydrogen-bond donors (Lipinski definition) is 1. The van der Waals surface area contributed by atoms with Gasteiger partial charge in [-0.1, -0.05) is 17.5 Å². The Balaban J connectivity index is 2.20. The van der Waals surface area contributed by atoms with Gasteiger partial charge in [0, 0.05) is 10.9 Å². The number of nitrogens with zero attached hydrogens (tertiary/aromatic N) is 2. The average Bonchev–Trinajstić information content (AvgIpc) is 2.91. The third-order valence-electron chi connectivity index (χ3n) is 2.84. The summed E-state index contributed by atoms with van der Waals surface area (Å²) in [5.41, 5.74) is 0.810. The molecule has 0 aliphatic rings. The molecule has 3 nitrogen and oxygen atoms in total. The van der Waals surface area contributed by atoms with Gasteiger partial charge in [0.15, 0.2) is 0 Å². The lowest BCUT2D eigenvalue weighted by Gasteiger charge is -2.16. The quantitative estimate of drug-likeness (QED) is 0.885. The number of benzene rings is 1. The molecule has 1 N–H and O–H groups in total. The van der Waals surface area contributed by atoms with E-state index >= 15 is 0 Å². The molecule has 0 amide bonds. The first-order chi connectivity index (χ1) is 9.22. The van der Waals surface area contributed by atoms with Gasteiger partial charge in [0.25, 0.3) is 0 Å². The maximum atomic E-state index is 13.7. The summed E-state index contributed by atoms with van der Waals surface area (Å²) in [5.74, 6) is -1.04. The third-order valence-corrected chi connectivity index (χ3v) is 3.37. The van der Waals surface area contributed by atoms with Gasteiger partial charge in [-0.3, -0.25) is 0 Å². The van der Waals surface area contributed by atoms with Gasteiger partial charge < -0.3 is 5.32 Å². The lowest BCUT2D eigenvalue weighted by molar-refractivity contribution is 0.482. The summed E-state index contributed by atoms with van der Waals surface area (Å²) in [6.45, 7) is 2.80. The Hall–Kier alpha value is -1.40. The van der Waals surface area contributed by atoms with E-state index in [2.05, 4.69) is 14.9 Å². The molecule has 1 aromatic carbocycles. The number of aromatic nitrogens is 2. The van der Waals surface area contributed by atoms with Crippen LogP contribution in [0.4, 0.5) is 8.78 Å². The van der Waals surface area contributed by atoms with Gasteiger partial charge in [-0.15, -0.1) is 5.10 Å². The fourth-order valence-corrected chi connectivity index (χ4v) is 2.36. The standard InChI is InChI=1S/C13H15F2N3S/c1-2-6-16-12(13-8-19-18-17-13)7-9-10(14)4-3-5-11(9)15/h3-5,8,12,16H,2,6-7H2,1H3. The van der Waals surface area contributed by atoms with E-state index in [-0.39, 0.29) is 18.0 Å². The van der Waals surface area contributed by atoms with Crippen molar-refractivity contribution < 1.29 is 8.78 Å². The fraction of sp³-hybridized carbons (Fsp3) is 0.385. The number of nitrogens with one attached hydrogen (secondary N) is 1. The van der Waals surface area contributed by atoms with E-state index in [0.29, 0.717) is 0 Å². The predicted octanol–water partition coefficient (Wildman–Crippen LogP) is 3.10. The second-order valence-corrected chi connectivity index (χ2v) is 4.85. The van der Waals surface area contributed by atoms with Crippen LogP contribution >= 0.6 is 11.5 Å². The first kappa shape index (κ1) is 14.0. The zero-order chi connectivity index (χ0) is 13.7. The number of halogens is 2. The van der Waals surface area contributed by atoms with Crippen LogP contribution in [-0.4, -0.2) is 16.1 Å². The van der Waals surface area contributed by atoms with Crippen molar-refractivity contribution in [1.82, 2.24) is 14.9 Å². The van der Waals surface area contributed by atoms with Crippen molar-refractivity contribution >= 4 is 11.5 Å². The van der Waals surface area contributed by atoms with Crippen LogP contribution in [0.3, 0.4) is 0 Å². The molecule has 0 saturated carbocycles. The van der Waals surface area contributed by atoms with E-state index < -0.39 is 11.6 Å². The lowest BCUT2D eigenvalue weighted by atomic mass is 10.0. The zero-order valence-electron chi connectivity index (χ0n) is 10.6. The Morgan fingerprint density at radius 1 is 1.32 bits per heavy atom. The zero-order valence-corrected chi connectivity index (χ0v) is 11.4. The molecule has 19 heavy (non-hydrogen) atoms. The maximum Gasteiger partial charge on any atom is 0.129 e. The van der Waals surface area contributed by atoms with E-state index in [0.717, 1.165) is 18.7 Å². The molecule has 0 aliphatic carbocycles. The van der Waals surface area contributed by atoms with Crippen LogP contribution in [0.5, 0.6) is 0 Å². The smallest absolute Gasteiger partial charge is 0.129 e. The summed E-state index contributed by atoms with van der Waals surface area (Å²) < 4.78 is 31.1. The summed E-state index contributed by atoms with van der Waals surface area (Å²) in [6, 6.07) is 3.70. The topological polar surface area (TPSA) is 37.8 Å². The molecule has 1 unspecified atom stereocenters. The van der Waals surface area contributed by atoms with Crippen molar-refractivity contribution in [2.75, 3.05) is 6.54 Å². The van der Waals surface area contributed by atoms with Crippen molar-refractivity contribution in [2.45, 2.75) is 25.8 Å². The summed E-state index contributed by atoms with van der Waals surface area (Å²) >= 11 is 1.23. The van der Waals surface area contributed by atoms with Gasteiger partial charge in [0.2, 0.25) is 0 Å². The Labute approximate surface area is 114 Å². The van der Waals surface area contributed by atoms with Crippen molar-refractivity contribution in [2.24, 2.45) is 0 Å². The van der Waals surface area contributed by atoms with Crippen molar-refractivity contribution in [3.05, 3.63) is 46.5 Å². The van der Waals surface area contributed by atoms with Crippen LogP contribution in [0.1, 0.15) is 30.6 Å². The molecule has 0 aliphatic heterocycles. The van der Waals surface area contributed by atoms with Crippen molar-refractivity contribution in [1.29, 1.82) is 0 Å². The maximum absolute atomic E-state index is 13.7. The van der Waals surface area contributed by atoms with Crippen LogP contribution in [0.25, 0.3) is 0 Å². The van der Waals surface area contributed by atoms with Gasteiger partial charge in [0.1, 0.15) is 11.6 Å². The average molecular weight is 283 g/mol. The first-order valence-corrected chi connectivity index (χ1v) is 6.99. The van der Waals surface area contributed by atoms with Crippen molar-refractivity contribution in [3.63, 3.8) is 0 Å². The summed E-state index contributed by atoms with van der Waals surface area (Å²) in [7, 11) is 0. The number of rotatable bonds is 6. The molecule has 1 atom stereocenters. The molecule has 102 valence electrons. The monoisotopic (exact) mass is 283 g/mol. The Bertz CT molecular complexity index is 496. The molecule has 0 radical (unpaired) electrons. The van der Waals surface area contributed by atoms with E-state index in [1.807, 2.05) is 6.92 Å². The summed E-state index contributed by atoms with van der Waals surface area (Å²) in [6.07, 6.45) is 1.16. The van der Waals surface area contributed by atoms with Gasteiger partial charge in [-0.25, -0.2) is 8.78 Å². The van der Waals surface area contributed by atoms with E-state index in [1.54, 1.807) is 5.38 Å². The highest BCUT2D eigenvalue weighted by molar-refractivity contribution is 7.03. The van der Waals surface area contributed by atoms with E-state index in [9.17, 15) is 8.78 Å². The molecule has 0 fully saturated rings. The highest BCUT2D eigenvalue weighted by Gasteiger charge is 2.18. The van der Waals surface area contributed by atoms with E-state index in [4.69, 9.17) is 0 Å². The molecule has 0 spiro atoms. The van der Waals surface area contributed by atoms with E-state index in [1.165, 1.54) is 29.7 Å². The summed E-state index contributed by atoms with van der Waals surface area (Å²) in [5, 5.41) is 9.03. The van der Waals surface area contributed by atoms with Crippen LogP contribution < -0.4 is 5.32 Å². The minimum atomic E-state index is -0.522. The lowest BCUT2D eigenvalue weighted by Crippen LogP contribution is -2.25. The minimum absolute atomic E-state index is 0.0871. The number of hydrogen-bond acceptors (Lipinski definition) is 4. The third kappa shape index (κ3) is 3.54. The largest absolute Gasteiger partial charge is 0.308 e. The molecule has 2 rings (SSSR count). The molecule has 0 bridgehead atoms. The van der Waals surface area contributed by atoms with Crippen LogP contribution in [0, 0.1) is 11.6 Å². The first-order valence-electron chi connectivity index (χ1n) is 6.15. The molecule has 0 saturated heterocycles. The predicted molar refractivity (Wildman–Crippen MR) is 71.0 cm³/mol. The molecule has 1 aromatic heterocycles. The Morgan fingerprint density at radius 2 is 2.05 bits per heavy atom. The second kappa shape index (κ2) is 6.68. The minimum Gasteiger partial charge on any atom is -0.308 e. The highest BCUT2D eigenvalue weighted by Crippen LogP contribution is 2.21. The molecular weight excluding hydrogens is 268 g/mol. The molecular formula is C13H15F2N3S. The molecule has 1 heterocycles. The van der Waals surface area contributed by atoms with Gasteiger partial charge in [-0.2, -0.15) is 0 Å². The Morgan fingerprint density at radius 3 is 2.63 bits per heavy atom. The fourth-order valence-electron chi connectivity index (χ4n) is 1.86.